The van der Waals surface area contributed by atoms with Crippen LogP contribution in [-0.4, -0.2) is 17.9 Å². The SMILES string of the molecule is CN1Cc2cc(Br)c(F)cc2C1=O. The molecule has 0 aliphatic carbocycles. The lowest BCUT2D eigenvalue weighted by Crippen LogP contribution is -2.17. The molecule has 1 aliphatic rings. The van der Waals surface area contributed by atoms with E-state index >= 15 is 0 Å². The van der Waals surface area contributed by atoms with E-state index in [1.807, 2.05) is 0 Å². The van der Waals surface area contributed by atoms with Gasteiger partial charge in [-0.2, -0.15) is 0 Å². The van der Waals surface area contributed by atoms with Gasteiger partial charge < -0.3 is 4.90 Å². The van der Waals surface area contributed by atoms with Crippen LogP contribution in [0, 0.1) is 5.82 Å². The molecule has 1 amide bonds. The molecule has 0 spiro atoms. The van der Waals surface area contributed by atoms with Crippen molar-refractivity contribution in [1.29, 1.82) is 0 Å². The number of hydrogen-bond donors (Lipinski definition) is 0. The maximum Gasteiger partial charge on any atom is 0.254 e. The fraction of sp³-hybridized carbons (Fsp3) is 0.222. The van der Waals surface area contributed by atoms with Crippen LogP contribution in [-0.2, 0) is 6.54 Å². The van der Waals surface area contributed by atoms with Crippen LogP contribution in [0.25, 0.3) is 0 Å². The smallest absolute Gasteiger partial charge is 0.254 e. The molecule has 1 aliphatic heterocycles. The summed E-state index contributed by atoms with van der Waals surface area (Å²) in [5.41, 5.74) is 1.35. The highest BCUT2D eigenvalue weighted by atomic mass is 79.9. The minimum Gasteiger partial charge on any atom is -0.337 e. The molecular formula is C9H7BrFNO. The van der Waals surface area contributed by atoms with Gasteiger partial charge in [0.25, 0.3) is 5.91 Å². The van der Waals surface area contributed by atoms with E-state index in [2.05, 4.69) is 15.9 Å². The molecule has 2 rings (SSSR count). The van der Waals surface area contributed by atoms with Crippen LogP contribution >= 0.6 is 15.9 Å². The lowest BCUT2D eigenvalue weighted by molar-refractivity contribution is 0.0816. The predicted octanol–water partition coefficient (Wildman–Crippen LogP) is 2.17. The number of hydrogen-bond acceptors (Lipinski definition) is 1. The van der Waals surface area contributed by atoms with Gasteiger partial charge in [-0.05, 0) is 33.6 Å². The number of amides is 1. The number of rotatable bonds is 0. The monoisotopic (exact) mass is 243 g/mol. The van der Waals surface area contributed by atoms with Crippen molar-refractivity contribution in [2.24, 2.45) is 0 Å². The van der Waals surface area contributed by atoms with E-state index in [1.54, 1.807) is 18.0 Å². The number of carbonyl (C=O) groups is 1. The van der Waals surface area contributed by atoms with Crippen molar-refractivity contribution in [3.05, 3.63) is 33.5 Å². The third kappa shape index (κ3) is 1.25. The van der Waals surface area contributed by atoms with Gasteiger partial charge in [-0.25, -0.2) is 4.39 Å². The summed E-state index contributed by atoms with van der Waals surface area (Å²) < 4.78 is 13.5. The van der Waals surface area contributed by atoms with Crippen LogP contribution in [0.1, 0.15) is 15.9 Å². The van der Waals surface area contributed by atoms with Crippen molar-refractivity contribution >= 4 is 21.8 Å². The third-order valence-corrected chi connectivity index (χ3v) is 2.74. The Morgan fingerprint density at radius 1 is 1.54 bits per heavy atom. The summed E-state index contributed by atoms with van der Waals surface area (Å²) in [5, 5.41) is 0. The molecule has 2 nitrogen and oxygen atoms in total. The minimum atomic E-state index is -0.387. The van der Waals surface area contributed by atoms with Gasteiger partial charge in [0.2, 0.25) is 0 Å². The van der Waals surface area contributed by atoms with Crippen LogP contribution in [0.3, 0.4) is 0 Å². The third-order valence-electron chi connectivity index (χ3n) is 2.13. The maximum absolute atomic E-state index is 13.1. The number of benzene rings is 1. The van der Waals surface area contributed by atoms with Crippen molar-refractivity contribution in [3.63, 3.8) is 0 Å². The average molecular weight is 244 g/mol. The number of nitrogens with zero attached hydrogens (tertiary/aromatic N) is 1. The first-order chi connectivity index (χ1) is 6.09. The zero-order valence-corrected chi connectivity index (χ0v) is 8.56. The molecule has 68 valence electrons. The lowest BCUT2D eigenvalue weighted by atomic mass is 10.1. The van der Waals surface area contributed by atoms with Crippen molar-refractivity contribution in [1.82, 2.24) is 4.90 Å². The molecule has 0 fully saturated rings. The summed E-state index contributed by atoms with van der Waals surface area (Å²) in [6, 6.07) is 2.94. The van der Waals surface area contributed by atoms with E-state index in [1.165, 1.54) is 6.07 Å². The molecule has 0 radical (unpaired) electrons. The first kappa shape index (κ1) is 8.69. The quantitative estimate of drug-likeness (QED) is 0.684. The van der Waals surface area contributed by atoms with Gasteiger partial charge in [0.05, 0.1) is 4.47 Å². The normalized spacial score (nSPS) is 15.0. The maximum atomic E-state index is 13.1. The van der Waals surface area contributed by atoms with Gasteiger partial charge in [-0.15, -0.1) is 0 Å². The van der Waals surface area contributed by atoms with E-state index in [-0.39, 0.29) is 11.7 Å². The van der Waals surface area contributed by atoms with Crippen molar-refractivity contribution in [3.8, 4) is 0 Å². The van der Waals surface area contributed by atoms with Crippen LogP contribution in [0.2, 0.25) is 0 Å². The molecule has 0 unspecified atom stereocenters. The van der Waals surface area contributed by atoms with Gasteiger partial charge in [-0.3, -0.25) is 4.79 Å². The molecule has 1 aromatic rings. The van der Waals surface area contributed by atoms with E-state index in [9.17, 15) is 9.18 Å². The fourth-order valence-corrected chi connectivity index (χ4v) is 1.84. The molecule has 13 heavy (non-hydrogen) atoms. The standard InChI is InChI=1S/C9H7BrFNO/c1-12-4-5-2-7(10)8(11)3-6(5)9(12)13/h2-3H,4H2,1H3. The Bertz CT molecular complexity index is 391. The zero-order valence-electron chi connectivity index (χ0n) is 6.97. The minimum absolute atomic E-state index is 0.110. The highest BCUT2D eigenvalue weighted by Crippen LogP contribution is 2.27. The summed E-state index contributed by atoms with van der Waals surface area (Å²) in [4.78, 5) is 13.0. The predicted molar refractivity (Wildman–Crippen MR) is 49.9 cm³/mol. The van der Waals surface area contributed by atoms with Gasteiger partial charge in [0, 0.05) is 19.2 Å². The Morgan fingerprint density at radius 2 is 2.23 bits per heavy atom. The van der Waals surface area contributed by atoms with Crippen molar-refractivity contribution < 1.29 is 9.18 Å². The number of carbonyl (C=O) groups excluding carboxylic acids is 1. The van der Waals surface area contributed by atoms with Crippen molar-refractivity contribution in [2.45, 2.75) is 6.54 Å². The summed E-state index contributed by atoms with van der Waals surface area (Å²) in [7, 11) is 1.70. The Morgan fingerprint density at radius 3 is 2.92 bits per heavy atom. The van der Waals surface area contributed by atoms with Crippen LogP contribution in [0.4, 0.5) is 4.39 Å². The largest absolute Gasteiger partial charge is 0.337 e. The molecule has 1 heterocycles. The Kier molecular flexibility index (Phi) is 1.87. The van der Waals surface area contributed by atoms with E-state index < -0.39 is 0 Å². The summed E-state index contributed by atoms with van der Waals surface area (Å²) >= 11 is 3.08. The van der Waals surface area contributed by atoms with Gasteiger partial charge >= 0.3 is 0 Å². The summed E-state index contributed by atoms with van der Waals surface area (Å²) in [6.45, 7) is 0.563. The summed E-state index contributed by atoms with van der Waals surface area (Å²) in [5.74, 6) is -0.496. The Labute approximate surface area is 83.5 Å². The number of halogens is 2. The second kappa shape index (κ2) is 2.80. The molecule has 0 N–H and O–H groups in total. The topological polar surface area (TPSA) is 20.3 Å². The highest BCUT2D eigenvalue weighted by Gasteiger charge is 2.25. The molecule has 0 atom stereocenters. The lowest BCUT2D eigenvalue weighted by Gasteiger charge is -2.04. The molecule has 0 aromatic heterocycles. The van der Waals surface area contributed by atoms with Gasteiger partial charge in [0.1, 0.15) is 5.82 Å². The molecule has 1 aromatic carbocycles. The second-order valence-corrected chi connectivity index (χ2v) is 3.94. The molecule has 0 bridgehead atoms. The Hall–Kier alpha value is -0.900. The van der Waals surface area contributed by atoms with E-state index in [0.717, 1.165) is 5.56 Å². The van der Waals surface area contributed by atoms with E-state index in [0.29, 0.717) is 16.6 Å². The molecule has 0 saturated carbocycles. The van der Waals surface area contributed by atoms with Crippen molar-refractivity contribution in [2.75, 3.05) is 7.05 Å². The van der Waals surface area contributed by atoms with Gasteiger partial charge in [0.15, 0.2) is 0 Å². The van der Waals surface area contributed by atoms with Crippen LogP contribution in [0.15, 0.2) is 16.6 Å². The summed E-state index contributed by atoms with van der Waals surface area (Å²) in [6.07, 6.45) is 0. The first-order valence-electron chi connectivity index (χ1n) is 3.83. The fourth-order valence-electron chi connectivity index (χ4n) is 1.45. The molecule has 0 saturated heterocycles. The average Bonchev–Trinajstić information content (AvgIpc) is 2.32. The zero-order chi connectivity index (χ0) is 9.59. The highest BCUT2D eigenvalue weighted by molar-refractivity contribution is 9.10. The number of fused-ring (bicyclic) bond motifs is 1. The van der Waals surface area contributed by atoms with Gasteiger partial charge in [-0.1, -0.05) is 0 Å². The molecule has 4 heteroatoms. The van der Waals surface area contributed by atoms with Crippen LogP contribution < -0.4 is 0 Å². The first-order valence-corrected chi connectivity index (χ1v) is 4.62. The van der Waals surface area contributed by atoms with Crippen LogP contribution in [0.5, 0.6) is 0 Å². The molecular weight excluding hydrogens is 237 g/mol. The Balaban J connectivity index is 2.59. The van der Waals surface area contributed by atoms with E-state index in [4.69, 9.17) is 0 Å². The second-order valence-electron chi connectivity index (χ2n) is 3.08.